The molecule has 3 aromatic carbocycles. The first-order valence-corrected chi connectivity index (χ1v) is 11.8. The fourth-order valence-corrected chi connectivity index (χ4v) is 5.20. The highest BCUT2D eigenvalue weighted by Crippen LogP contribution is 2.44. The number of ketones is 1. The summed E-state index contributed by atoms with van der Waals surface area (Å²) in [4.78, 5) is 34.3. The van der Waals surface area contributed by atoms with Crippen molar-refractivity contribution >= 4 is 61.4 Å². The van der Waals surface area contributed by atoms with Gasteiger partial charge in [0.1, 0.15) is 11.6 Å². The van der Waals surface area contributed by atoms with Crippen molar-refractivity contribution in [3.63, 3.8) is 0 Å². The molecule has 0 radical (unpaired) electrons. The molecule has 4 aromatic rings. The van der Waals surface area contributed by atoms with E-state index in [0.717, 1.165) is 17.0 Å². The van der Waals surface area contributed by atoms with Crippen LogP contribution in [0, 0.1) is 5.82 Å². The third-order valence-electron chi connectivity index (χ3n) is 5.83. The lowest BCUT2D eigenvalue weighted by Gasteiger charge is -2.23. The summed E-state index contributed by atoms with van der Waals surface area (Å²) in [6.45, 7) is 0. The minimum Gasteiger partial charge on any atom is -0.507 e. The van der Waals surface area contributed by atoms with E-state index in [9.17, 15) is 19.1 Å². The van der Waals surface area contributed by atoms with Crippen LogP contribution in [0.15, 0.2) is 72.3 Å². The quantitative estimate of drug-likeness (QED) is 0.215. The molecular weight excluding hydrogens is 489 g/mol. The van der Waals surface area contributed by atoms with E-state index in [4.69, 9.17) is 11.6 Å². The number of thiazole rings is 1. The standard InChI is InChI=1S/C26H19ClFN3O3S/c1-30(2)18-10-5-14(6-11-18)22-21(23(32)15-3-7-16(27)8-4-15)24(33)25(34)31(22)26-29-19-12-9-17(28)13-20(19)35-26/h3-13,22,32H,1-2H3. The number of anilines is 2. The van der Waals surface area contributed by atoms with Gasteiger partial charge in [0.2, 0.25) is 0 Å². The maximum atomic E-state index is 13.8. The average molecular weight is 508 g/mol. The number of carbonyl (C=O) groups excluding carboxylic acids is 2. The van der Waals surface area contributed by atoms with Crippen molar-refractivity contribution in [3.05, 3.63) is 94.3 Å². The highest BCUT2D eigenvalue weighted by molar-refractivity contribution is 7.22. The van der Waals surface area contributed by atoms with E-state index >= 15 is 0 Å². The van der Waals surface area contributed by atoms with Crippen LogP contribution in [0.1, 0.15) is 17.2 Å². The number of aliphatic hydroxyl groups is 1. The number of Topliss-reactive ketones (excluding diaryl/α,β-unsaturated/α-hetero) is 1. The summed E-state index contributed by atoms with van der Waals surface area (Å²) in [7, 11) is 3.81. The molecule has 35 heavy (non-hydrogen) atoms. The Balaban J connectivity index is 1.71. The number of carbonyl (C=O) groups is 2. The number of aromatic nitrogens is 1. The summed E-state index contributed by atoms with van der Waals surface area (Å²) in [5.74, 6) is -2.38. The molecule has 1 aliphatic rings. The van der Waals surface area contributed by atoms with Gasteiger partial charge in [-0.15, -0.1) is 0 Å². The van der Waals surface area contributed by atoms with Crippen molar-refractivity contribution < 1.29 is 19.1 Å². The molecular formula is C26H19ClFN3O3S. The summed E-state index contributed by atoms with van der Waals surface area (Å²) in [5.41, 5.74) is 2.36. The number of halogens is 2. The normalized spacial score (nSPS) is 17.4. The molecule has 0 bridgehead atoms. The number of rotatable bonds is 4. The Bertz CT molecular complexity index is 1500. The van der Waals surface area contributed by atoms with Gasteiger partial charge < -0.3 is 10.0 Å². The molecule has 1 amide bonds. The van der Waals surface area contributed by atoms with Crippen LogP contribution >= 0.6 is 22.9 Å². The Morgan fingerprint density at radius 3 is 2.40 bits per heavy atom. The molecule has 0 aliphatic carbocycles. The van der Waals surface area contributed by atoms with Gasteiger partial charge in [-0.25, -0.2) is 9.37 Å². The molecule has 0 spiro atoms. The summed E-state index contributed by atoms with van der Waals surface area (Å²) >= 11 is 7.09. The molecule has 1 unspecified atom stereocenters. The first-order chi connectivity index (χ1) is 16.7. The lowest BCUT2D eigenvalue weighted by molar-refractivity contribution is -0.132. The molecule has 6 nitrogen and oxygen atoms in total. The van der Waals surface area contributed by atoms with Gasteiger partial charge in [-0.05, 0) is 60.2 Å². The highest BCUT2D eigenvalue weighted by Gasteiger charge is 2.48. The zero-order valence-electron chi connectivity index (χ0n) is 18.7. The smallest absolute Gasteiger partial charge is 0.301 e. The molecule has 2 heterocycles. The zero-order valence-corrected chi connectivity index (χ0v) is 20.3. The molecule has 1 fully saturated rings. The van der Waals surface area contributed by atoms with E-state index < -0.39 is 23.5 Å². The third-order valence-corrected chi connectivity index (χ3v) is 7.10. The number of aliphatic hydroxyl groups excluding tert-OH is 1. The summed E-state index contributed by atoms with van der Waals surface area (Å²) < 4.78 is 14.3. The number of nitrogens with zero attached hydrogens (tertiary/aromatic N) is 3. The van der Waals surface area contributed by atoms with E-state index in [0.29, 0.717) is 26.4 Å². The van der Waals surface area contributed by atoms with Gasteiger partial charge in [0, 0.05) is 30.4 Å². The van der Waals surface area contributed by atoms with Gasteiger partial charge in [-0.1, -0.05) is 35.1 Å². The Labute approximate surface area is 209 Å². The van der Waals surface area contributed by atoms with E-state index in [1.54, 1.807) is 36.4 Å². The van der Waals surface area contributed by atoms with Crippen LogP contribution in [0.2, 0.25) is 5.02 Å². The second kappa shape index (κ2) is 8.79. The molecule has 1 saturated heterocycles. The van der Waals surface area contributed by atoms with Crippen LogP contribution in [0.4, 0.5) is 15.2 Å². The van der Waals surface area contributed by atoms with Crippen molar-refractivity contribution in [2.45, 2.75) is 6.04 Å². The van der Waals surface area contributed by atoms with Gasteiger partial charge in [-0.3, -0.25) is 14.5 Å². The fourth-order valence-electron chi connectivity index (χ4n) is 4.05. The Morgan fingerprint density at radius 2 is 1.74 bits per heavy atom. The largest absolute Gasteiger partial charge is 0.507 e. The predicted molar refractivity (Wildman–Crippen MR) is 137 cm³/mol. The highest BCUT2D eigenvalue weighted by atomic mass is 35.5. The van der Waals surface area contributed by atoms with E-state index in [-0.39, 0.29) is 16.5 Å². The van der Waals surface area contributed by atoms with Crippen LogP contribution in [0.3, 0.4) is 0 Å². The molecule has 0 saturated carbocycles. The van der Waals surface area contributed by atoms with Crippen LogP contribution in [0.25, 0.3) is 16.0 Å². The first kappa shape index (κ1) is 23.0. The van der Waals surface area contributed by atoms with Gasteiger partial charge >= 0.3 is 5.91 Å². The van der Waals surface area contributed by atoms with Crippen LogP contribution < -0.4 is 9.80 Å². The minimum atomic E-state index is -0.924. The number of amides is 1. The SMILES string of the molecule is CN(C)c1ccc(C2C(=C(O)c3ccc(Cl)cc3)C(=O)C(=O)N2c2nc3ccc(F)cc3s2)cc1. The Morgan fingerprint density at radius 1 is 1.06 bits per heavy atom. The average Bonchev–Trinajstić information content (AvgIpc) is 3.37. The Kier molecular flexibility index (Phi) is 5.78. The van der Waals surface area contributed by atoms with Crippen molar-refractivity contribution in [3.8, 4) is 0 Å². The maximum absolute atomic E-state index is 13.8. The first-order valence-electron chi connectivity index (χ1n) is 10.6. The molecule has 9 heteroatoms. The maximum Gasteiger partial charge on any atom is 0.301 e. The molecule has 1 atom stereocenters. The zero-order chi connectivity index (χ0) is 24.9. The predicted octanol–water partition coefficient (Wildman–Crippen LogP) is 5.78. The monoisotopic (exact) mass is 507 g/mol. The van der Waals surface area contributed by atoms with Gasteiger partial charge in [-0.2, -0.15) is 0 Å². The summed E-state index contributed by atoms with van der Waals surface area (Å²) in [5, 5.41) is 11.9. The number of benzene rings is 3. The van der Waals surface area contributed by atoms with Crippen LogP contribution in [-0.4, -0.2) is 35.9 Å². The van der Waals surface area contributed by atoms with E-state index in [1.165, 1.54) is 23.1 Å². The number of hydrogen-bond donors (Lipinski definition) is 1. The van der Waals surface area contributed by atoms with Gasteiger partial charge in [0.25, 0.3) is 5.78 Å². The van der Waals surface area contributed by atoms with Crippen molar-refractivity contribution in [1.82, 2.24) is 4.98 Å². The Hall–Kier alpha value is -3.75. The van der Waals surface area contributed by atoms with Crippen molar-refractivity contribution in [2.75, 3.05) is 23.9 Å². The van der Waals surface area contributed by atoms with E-state index in [1.807, 2.05) is 31.1 Å². The lowest BCUT2D eigenvalue weighted by Crippen LogP contribution is -2.29. The molecule has 1 N–H and O–H groups in total. The van der Waals surface area contributed by atoms with Gasteiger partial charge in [0.15, 0.2) is 5.13 Å². The molecule has 176 valence electrons. The lowest BCUT2D eigenvalue weighted by atomic mass is 9.95. The molecule has 5 rings (SSSR count). The van der Waals surface area contributed by atoms with Gasteiger partial charge in [0.05, 0.1) is 21.8 Å². The topological polar surface area (TPSA) is 73.7 Å². The van der Waals surface area contributed by atoms with Crippen molar-refractivity contribution in [1.29, 1.82) is 0 Å². The second-order valence-corrected chi connectivity index (χ2v) is 9.72. The second-order valence-electron chi connectivity index (χ2n) is 8.27. The third kappa shape index (κ3) is 4.05. The van der Waals surface area contributed by atoms with Crippen LogP contribution in [-0.2, 0) is 9.59 Å². The van der Waals surface area contributed by atoms with E-state index in [2.05, 4.69) is 4.98 Å². The molecule has 1 aromatic heterocycles. The number of fused-ring (bicyclic) bond motifs is 1. The van der Waals surface area contributed by atoms with Crippen LogP contribution in [0.5, 0.6) is 0 Å². The molecule has 1 aliphatic heterocycles. The summed E-state index contributed by atoms with van der Waals surface area (Å²) in [6.07, 6.45) is 0. The summed E-state index contributed by atoms with van der Waals surface area (Å²) in [6, 6.07) is 16.9. The van der Waals surface area contributed by atoms with Crippen molar-refractivity contribution in [2.24, 2.45) is 0 Å². The number of hydrogen-bond acceptors (Lipinski definition) is 6. The fraction of sp³-hybridized carbons (Fsp3) is 0.115. The minimum absolute atomic E-state index is 0.0552.